The van der Waals surface area contributed by atoms with E-state index in [4.69, 9.17) is 11.6 Å². The van der Waals surface area contributed by atoms with Gasteiger partial charge in [0.15, 0.2) is 0 Å². The number of nitrogens with zero attached hydrogens (tertiary/aromatic N) is 2. The fourth-order valence-corrected chi connectivity index (χ4v) is 2.05. The van der Waals surface area contributed by atoms with Crippen LogP contribution in [0, 0.1) is 0 Å². The van der Waals surface area contributed by atoms with Gasteiger partial charge in [-0.05, 0) is 38.1 Å². The van der Waals surface area contributed by atoms with Crippen molar-refractivity contribution in [2.75, 3.05) is 25.5 Å². The molecular formula is C11H16ClN3. The summed E-state index contributed by atoms with van der Waals surface area (Å²) in [5, 5.41) is 3.80. The van der Waals surface area contributed by atoms with Crippen LogP contribution in [0.4, 0.5) is 5.82 Å². The number of anilines is 1. The fourth-order valence-electron chi connectivity index (χ4n) is 1.89. The van der Waals surface area contributed by atoms with Crippen LogP contribution < -0.4 is 5.32 Å². The third-order valence-corrected chi connectivity index (χ3v) is 3.09. The van der Waals surface area contributed by atoms with Gasteiger partial charge in [0.2, 0.25) is 0 Å². The van der Waals surface area contributed by atoms with Gasteiger partial charge in [-0.15, -0.1) is 0 Å². The van der Waals surface area contributed by atoms with Crippen molar-refractivity contribution in [1.82, 2.24) is 9.88 Å². The largest absolute Gasteiger partial charge is 0.373 e. The third-order valence-electron chi connectivity index (χ3n) is 2.75. The Morgan fingerprint density at radius 2 is 2.13 bits per heavy atom. The van der Waals surface area contributed by atoms with Crippen molar-refractivity contribution >= 4 is 17.4 Å². The summed E-state index contributed by atoms with van der Waals surface area (Å²) in [6.07, 6.45) is 2.59. The third kappa shape index (κ3) is 2.61. The zero-order valence-corrected chi connectivity index (χ0v) is 9.72. The number of rotatable bonds is 3. The number of pyridine rings is 1. The van der Waals surface area contributed by atoms with Crippen LogP contribution >= 0.6 is 11.6 Å². The van der Waals surface area contributed by atoms with Crippen LogP contribution in [0.3, 0.4) is 0 Å². The summed E-state index contributed by atoms with van der Waals surface area (Å²) in [4.78, 5) is 6.87. The Hall–Kier alpha value is -0.800. The Kier molecular flexibility index (Phi) is 3.44. The molecule has 1 aliphatic heterocycles. The van der Waals surface area contributed by atoms with Gasteiger partial charge in [-0.2, -0.15) is 0 Å². The molecule has 1 fully saturated rings. The molecule has 2 rings (SSSR count). The maximum Gasteiger partial charge on any atom is 0.126 e. The van der Waals surface area contributed by atoms with Gasteiger partial charge in [-0.25, -0.2) is 4.98 Å². The van der Waals surface area contributed by atoms with Crippen molar-refractivity contribution in [3.8, 4) is 0 Å². The number of halogens is 1. The minimum absolute atomic E-state index is 0.765. The lowest BCUT2D eigenvalue weighted by Crippen LogP contribution is -2.19. The minimum atomic E-state index is 0.765. The van der Waals surface area contributed by atoms with Gasteiger partial charge in [0.05, 0.1) is 10.7 Å². The van der Waals surface area contributed by atoms with Crippen molar-refractivity contribution in [3.63, 3.8) is 0 Å². The highest BCUT2D eigenvalue weighted by Crippen LogP contribution is 2.20. The van der Waals surface area contributed by atoms with E-state index in [0.717, 1.165) is 23.1 Å². The first-order valence-electron chi connectivity index (χ1n) is 5.35. The van der Waals surface area contributed by atoms with Crippen LogP contribution in [-0.2, 0) is 6.54 Å². The highest BCUT2D eigenvalue weighted by molar-refractivity contribution is 6.31. The quantitative estimate of drug-likeness (QED) is 0.856. The van der Waals surface area contributed by atoms with Crippen molar-refractivity contribution in [2.45, 2.75) is 19.4 Å². The zero-order chi connectivity index (χ0) is 10.7. The van der Waals surface area contributed by atoms with E-state index in [1.165, 1.54) is 25.9 Å². The van der Waals surface area contributed by atoms with E-state index in [-0.39, 0.29) is 0 Å². The second kappa shape index (κ2) is 4.81. The second-order valence-electron chi connectivity index (χ2n) is 3.86. The molecule has 0 saturated carbocycles. The smallest absolute Gasteiger partial charge is 0.126 e. The molecule has 0 spiro atoms. The predicted molar refractivity (Wildman–Crippen MR) is 63.3 cm³/mol. The van der Waals surface area contributed by atoms with Crippen LogP contribution in [0.25, 0.3) is 0 Å². The van der Waals surface area contributed by atoms with E-state index in [0.29, 0.717) is 0 Å². The van der Waals surface area contributed by atoms with E-state index in [1.54, 1.807) is 0 Å². The summed E-state index contributed by atoms with van der Waals surface area (Å²) in [7, 11) is 1.87. The van der Waals surface area contributed by atoms with Crippen LogP contribution in [0.1, 0.15) is 18.5 Å². The van der Waals surface area contributed by atoms with E-state index >= 15 is 0 Å². The lowest BCUT2D eigenvalue weighted by Gasteiger charge is -2.15. The van der Waals surface area contributed by atoms with Crippen LogP contribution in [0.5, 0.6) is 0 Å². The summed E-state index contributed by atoms with van der Waals surface area (Å²) < 4.78 is 0. The molecule has 0 aromatic carbocycles. The Labute approximate surface area is 95.4 Å². The fraction of sp³-hybridized carbons (Fsp3) is 0.545. The lowest BCUT2D eigenvalue weighted by atomic mass is 10.3. The molecule has 0 amide bonds. The van der Waals surface area contributed by atoms with Gasteiger partial charge in [-0.3, -0.25) is 4.90 Å². The average Bonchev–Trinajstić information content (AvgIpc) is 2.74. The van der Waals surface area contributed by atoms with Crippen LogP contribution in [0.2, 0.25) is 5.02 Å². The molecule has 2 heterocycles. The van der Waals surface area contributed by atoms with Gasteiger partial charge in [0, 0.05) is 13.6 Å². The number of nitrogens with one attached hydrogen (secondary N) is 1. The summed E-state index contributed by atoms with van der Waals surface area (Å²) in [5.74, 6) is 0.883. The topological polar surface area (TPSA) is 28.2 Å². The maximum absolute atomic E-state index is 6.11. The summed E-state index contributed by atoms with van der Waals surface area (Å²) >= 11 is 6.11. The number of likely N-dealkylation sites (tertiary alicyclic amines) is 1. The predicted octanol–water partition coefficient (Wildman–Crippen LogP) is 2.37. The van der Waals surface area contributed by atoms with E-state index in [1.807, 2.05) is 19.2 Å². The SMILES string of the molecule is CNc1ccc(Cl)c(CN2CCCC2)n1. The molecule has 82 valence electrons. The van der Waals surface area contributed by atoms with Crippen molar-refractivity contribution in [1.29, 1.82) is 0 Å². The Morgan fingerprint density at radius 1 is 1.40 bits per heavy atom. The maximum atomic E-state index is 6.11. The van der Waals surface area contributed by atoms with Crippen molar-refractivity contribution in [3.05, 3.63) is 22.8 Å². The molecular weight excluding hydrogens is 210 g/mol. The van der Waals surface area contributed by atoms with Crippen molar-refractivity contribution < 1.29 is 0 Å². The Bertz CT molecular complexity index is 335. The number of hydrogen-bond donors (Lipinski definition) is 1. The molecule has 1 N–H and O–H groups in total. The normalized spacial score (nSPS) is 16.9. The zero-order valence-electron chi connectivity index (χ0n) is 8.96. The first kappa shape index (κ1) is 10.7. The molecule has 0 bridgehead atoms. The average molecular weight is 226 g/mol. The first-order chi connectivity index (χ1) is 7.29. The summed E-state index contributed by atoms with van der Waals surface area (Å²) in [5.41, 5.74) is 0.977. The first-order valence-corrected chi connectivity index (χ1v) is 5.73. The molecule has 1 aromatic rings. The van der Waals surface area contributed by atoms with Crippen LogP contribution in [0.15, 0.2) is 12.1 Å². The molecule has 0 aliphatic carbocycles. The standard InChI is InChI=1S/C11H16ClN3/c1-13-11-5-4-9(12)10(14-11)8-15-6-2-3-7-15/h4-5H,2-3,6-8H2,1H3,(H,13,14). The molecule has 3 nitrogen and oxygen atoms in total. The van der Waals surface area contributed by atoms with E-state index < -0.39 is 0 Å². The Morgan fingerprint density at radius 3 is 2.80 bits per heavy atom. The van der Waals surface area contributed by atoms with E-state index in [2.05, 4.69) is 15.2 Å². The molecule has 0 atom stereocenters. The van der Waals surface area contributed by atoms with E-state index in [9.17, 15) is 0 Å². The summed E-state index contributed by atoms with van der Waals surface area (Å²) in [6, 6.07) is 3.81. The van der Waals surface area contributed by atoms with Crippen molar-refractivity contribution in [2.24, 2.45) is 0 Å². The van der Waals surface area contributed by atoms with Gasteiger partial charge < -0.3 is 5.32 Å². The minimum Gasteiger partial charge on any atom is -0.373 e. The van der Waals surface area contributed by atoms with Gasteiger partial charge >= 0.3 is 0 Å². The van der Waals surface area contributed by atoms with Gasteiger partial charge in [0.1, 0.15) is 5.82 Å². The highest BCUT2D eigenvalue weighted by Gasteiger charge is 2.14. The summed E-state index contributed by atoms with van der Waals surface area (Å²) in [6.45, 7) is 3.21. The number of aromatic nitrogens is 1. The lowest BCUT2D eigenvalue weighted by molar-refractivity contribution is 0.327. The molecule has 1 saturated heterocycles. The van der Waals surface area contributed by atoms with Gasteiger partial charge in [-0.1, -0.05) is 11.6 Å². The highest BCUT2D eigenvalue weighted by atomic mass is 35.5. The Balaban J connectivity index is 2.11. The number of hydrogen-bond acceptors (Lipinski definition) is 3. The second-order valence-corrected chi connectivity index (χ2v) is 4.27. The molecule has 15 heavy (non-hydrogen) atoms. The van der Waals surface area contributed by atoms with Crippen LogP contribution in [-0.4, -0.2) is 30.0 Å². The molecule has 0 unspecified atom stereocenters. The molecule has 4 heteroatoms. The molecule has 1 aliphatic rings. The van der Waals surface area contributed by atoms with Gasteiger partial charge in [0.25, 0.3) is 0 Å². The molecule has 0 radical (unpaired) electrons. The monoisotopic (exact) mass is 225 g/mol. The molecule has 1 aromatic heterocycles.